The van der Waals surface area contributed by atoms with E-state index in [9.17, 15) is 22.8 Å². The maximum absolute atomic E-state index is 12.1. The summed E-state index contributed by atoms with van der Waals surface area (Å²) in [5, 5.41) is 12.8. The van der Waals surface area contributed by atoms with Crippen molar-refractivity contribution in [1.82, 2.24) is 5.32 Å². The number of carboxylic acids is 1. The molecule has 0 saturated carbocycles. The smallest absolute Gasteiger partial charge is 0.471 e. The quantitative estimate of drug-likeness (QED) is 0.533. The number of hydrogen-bond acceptors (Lipinski definition) is 2. The lowest BCUT2D eigenvalue weighted by Gasteiger charge is -2.13. The predicted octanol–water partition coefficient (Wildman–Crippen LogP) is 5.15. The Morgan fingerprint density at radius 3 is 1.77 bits per heavy atom. The molecule has 0 radical (unpaired) electrons. The van der Waals surface area contributed by atoms with Gasteiger partial charge in [0.05, 0.1) is 0 Å². The highest BCUT2D eigenvalue weighted by Gasteiger charge is 2.40. The molecule has 162 valence electrons. The first kappa shape index (κ1) is 23.7. The Labute approximate surface area is 178 Å². The number of alkyl halides is 3. The standard InChI is InChI=1S/C14H14F3NO3.C10H8/c15-14(16,17)13(21)18-11(12(19)20)9-5-4-8-10-6-2-1-3-7-10;1-2-6-10-8-4-3-7-9(10)5-1/h1-7,11H,8-9H2,(H,18,21)(H,19,20);1-8H/b5-4+;. The van der Waals surface area contributed by atoms with Crippen molar-refractivity contribution in [2.24, 2.45) is 0 Å². The fourth-order valence-corrected chi connectivity index (χ4v) is 2.66. The zero-order chi connectivity index (χ0) is 22.7. The van der Waals surface area contributed by atoms with Crippen LogP contribution in [0, 0.1) is 0 Å². The molecule has 0 saturated heterocycles. The lowest BCUT2D eigenvalue weighted by Crippen LogP contribution is -2.46. The first-order chi connectivity index (χ1) is 14.8. The molecule has 0 aliphatic heterocycles. The van der Waals surface area contributed by atoms with Crippen molar-refractivity contribution in [3.63, 3.8) is 0 Å². The maximum atomic E-state index is 12.1. The summed E-state index contributed by atoms with van der Waals surface area (Å²) in [5.74, 6) is -3.77. The van der Waals surface area contributed by atoms with Gasteiger partial charge in [-0.25, -0.2) is 4.79 Å². The summed E-state index contributed by atoms with van der Waals surface area (Å²) in [7, 11) is 0. The van der Waals surface area contributed by atoms with Crippen LogP contribution in [0.15, 0.2) is 91.0 Å². The van der Waals surface area contributed by atoms with Gasteiger partial charge in [0.25, 0.3) is 0 Å². The Hall–Kier alpha value is -3.61. The molecule has 4 nitrogen and oxygen atoms in total. The Morgan fingerprint density at radius 1 is 0.839 bits per heavy atom. The van der Waals surface area contributed by atoms with Gasteiger partial charge in [0.1, 0.15) is 6.04 Å². The van der Waals surface area contributed by atoms with Gasteiger partial charge in [0.15, 0.2) is 0 Å². The van der Waals surface area contributed by atoms with E-state index in [-0.39, 0.29) is 6.42 Å². The number of amides is 1. The van der Waals surface area contributed by atoms with Crippen LogP contribution in [0.3, 0.4) is 0 Å². The number of halogens is 3. The predicted molar refractivity (Wildman–Crippen MR) is 113 cm³/mol. The summed E-state index contributed by atoms with van der Waals surface area (Å²) in [6.45, 7) is 0. The molecule has 1 amide bonds. The van der Waals surface area contributed by atoms with Gasteiger partial charge in [0.2, 0.25) is 0 Å². The summed E-state index contributed by atoms with van der Waals surface area (Å²) < 4.78 is 36.2. The third-order valence-electron chi connectivity index (χ3n) is 4.25. The van der Waals surface area contributed by atoms with E-state index >= 15 is 0 Å². The zero-order valence-electron chi connectivity index (χ0n) is 16.5. The molecule has 0 bridgehead atoms. The van der Waals surface area contributed by atoms with Gasteiger partial charge in [-0.2, -0.15) is 13.2 Å². The SMILES string of the molecule is O=C(O)C(C/C=C/Cc1ccccc1)NC(=O)C(F)(F)F.c1ccc2ccccc2c1. The van der Waals surface area contributed by atoms with Gasteiger partial charge in [0, 0.05) is 0 Å². The van der Waals surface area contributed by atoms with Gasteiger partial charge < -0.3 is 10.4 Å². The highest BCUT2D eigenvalue weighted by Crippen LogP contribution is 2.15. The summed E-state index contributed by atoms with van der Waals surface area (Å²) in [5.41, 5.74) is 0.986. The zero-order valence-corrected chi connectivity index (χ0v) is 16.5. The largest absolute Gasteiger partial charge is 0.480 e. The number of aliphatic carboxylic acids is 1. The van der Waals surface area contributed by atoms with Crippen molar-refractivity contribution in [2.75, 3.05) is 0 Å². The second-order valence-corrected chi connectivity index (χ2v) is 6.61. The van der Waals surface area contributed by atoms with Crippen molar-refractivity contribution in [1.29, 1.82) is 0 Å². The molecular weight excluding hydrogens is 407 g/mol. The Kier molecular flexibility index (Phi) is 8.81. The van der Waals surface area contributed by atoms with Crippen LogP contribution in [0.2, 0.25) is 0 Å². The van der Waals surface area contributed by atoms with E-state index in [0.29, 0.717) is 6.42 Å². The van der Waals surface area contributed by atoms with Crippen LogP contribution in [0.4, 0.5) is 13.2 Å². The molecular formula is C24H22F3NO3. The number of carboxylic acid groups (broad SMARTS) is 1. The van der Waals surface area contributed by atoms with Gasteiger partial charge in [-0.1, -0.05) is 91.0 Å². The van der Waals surface area contributed by atoms with Crippen LogP contribution in [0.1, 0.15) is 12.0 Å². The minimum absolute atomic E-state index is 0.218. The number of rotatable bonds is 6. The van der Waals surface area contributed by atoms with Crippen molar-refractivity contribution in [3.8, 4) is 0 Å². The van der Waals surface area contributed by atoms with Crippen LogP contribution in [0.5, 0.6) is 0 Å². The molecule has 0 aromatic heterocycles. The molecule has 0 heterocycles. The third-order valence-corrected chi connectivity index (χ3v) is 4.25. The van der Waals surface area contributed by atoms with Crippen LogP contribution >= 0.6 is 0 Å². The van der Waals surface area contributed by atoms with Gasteiger partial charge in [-0.15, -0.1) is 0 Å². The van der Waals surface area contributed by atoms with E-state index in [1.807, 2.05) is 30.3 Å². The molecule has 0 aliphatic rings. The molecule has 3 rings (SSSR count). The first-order valence-corrected chi connectivity index (χ1v) is 9.50. The molecule has 7 heteroatoms. The lowest BCUT2D eigenvalue weighted by atomic mass is 10.1. The molecule has 3 aromatic rings. The average Bonchev–Trinajstić information content (AvgIpc) is 2.76. The summed E-state index contributed by atoms with van der Waals surface area (Å²) in [6, 6.07) is 24.4. The first-order valence-electron chi connectivity index (χ1n) is 9.50. The number of hydrogen-bond donors (Lipinski definition) is 2. The van der Waals surface area contributed by atoms with E-state index < -0.39 is 24.1 Å². The number of carbonyl (C=O) groups excluding carboxylic acids is 1. The van der Waals surface area contributed by atoms with Crippen molar-refractivity contribution in [3.05, 3.63) is 96.6 Å². The number of carbonyl (C=O) groups is 2. The second-order valence-electron chi connectivity index (χ2n) is 6.61. The van der Waals surface area contributed by atoms with E-state index in [1.54, 1.807) is 6.08 Å². The second kappa shape index (κ2) is 11.5. The van der Waals surface area contributed by atoms with Crippen molar-refractivity contribution >= 4 is 22.6 Å². The Morgan fingerprint density at radius 2 is 1.32 bits per heavy atom. The highest BCUT2D eigenvalue weighted by atomic mass is 19.4. The highest BCUT2D eigenvalue weighted by molar-refractivity contribution is 5.87. The van der Waals surface area contributed by atoms with Gasteiger partial charge >= 0.3 is 18.1 Å². The van der Waals surface area contributed by atoms with E-state index in [1.165, 1.54) is 22.2 Å². The molecule has 0 aliphatic carbocycles. The number of benzene rings is 3. The van der Waals surface area contributed by atoms with Crippen LogP contribution < -0.4 is 5.32 Å². The van der Waals surface area contributed by atoms with Gasteiger partial charge in [-0.3, -0.25) is 4.79 Å². The Balaban J connectivity index is 0.000000280. The minimum atomic E-state index is -5.10. The molecule has 31 heavy (non-hydrogen) atoms. The van der Waals surface area contributed by atoms with Crippen LogP contribution in [-0.4, -0.2) is 29.2 Å². The molecule has 1 unspecified atom stereocenters. The van der Waals surface area contributed by atoms with E-state index in [4.69, 9.17) is 5.11 Å². The number of allylic oxidation sites excluding steroid dienone is 1. The van der Waals surface area contributed by atoms with Crippen LogP contribution in [0.25, 0.3) is 10.8 Å². The third kappa shape index (κ3) is 8.34. The monoisotopic (exact) mass is 429 g/mol. The minimum Gasteiger partial charge on any atom is -0.480 e. The number of nitrogens with one attached hydrogen (secondary N) is 1. The lowest BCUT2D eigenvalue weighted by molar-refractivity contribution is -0.175. The van der Waals surface area contributed by atoms with E-state index in [0.717, 1.165) is 5.56 Å². The topological polar surface area (TPSA) is 66.4 Å². The van der Waals surface area contributed by atoms with Crippen molar-refractivity contribution in [2.45, 2.75) is 25.1 Å². The van der Waals surface area contributed by atoms with Crippen molar-refractivity contribution < 1.29 is 27.9 Å². The normalized spacial score (nSPS) is 12.1. The molecule has 2 N–H and O–H groups in total. The van der Waals surface area contributed by atoms with E-state index in [2.05, 4.69) is 48.5 Å². The molecule has 1 atom stereocenters. The molecule has 3 aromatic carbocycles. The summed E-state index contributed by atoms with van der Waals surface area (Å²) in [4.78, 5) is 21.5. The fraction of sp³-hybridized carbons (Fsp3) is 0.167. The molecule has 0 fully saturated rings. The fourth-order valence-electron chi connectivity index (χ4n) is 2.66. The summed E-state index contributed by atoms with van der Waals surface area (Å²) in [6.07, 6.45) is -1.71. The Bertz CT molecular complexity index is 952. The summed E-state index contributed by atoms with van der Waals surface area (Å²) >= 11 is 0. The van der Waals surface area contributed by atoms with Gasteiger partial charge in [-0.05, 0) is 29.2 Å². The number of fused-ring (bicyclic) bond motifs is 1. The van der Waals surface area contributed by atoms with Crippen LogP contribution in [-0.2, 0) is 16.0 Å². The maximum Gasteiger partial charge on any atom is 0.471 e. The molecule has 0 spiro atoms. The average molecular weight is 429 g/mol.